The van der Waals surface area contributed by atoms with E-state index in [1.807, 2.05) is 43.3 Å². The highest BCUT2D eigenvalue weighted by molar-refractivity contribution is 7.64. The van der Waals surface area contributed by atoms with Gasteiger partial charge in [-0.15, -0.1) is 0 Å². The zero-order valence-electron chi connectivity index (χ0n) is 17.5. The van der Waals surface area contributed by atoms with Gasteiger partial charge in [0.25, 0.3) is 0 Å². The summed E-state index contributed by atoms with van der Waals surface area (Å²) in [4.78, 5) is 11.9. The largest absolute Gasteiger partial charge is 0.478 e. The van der Waals surface area contributed by atoms with Crippen molar-refractivity contribution in [2.75, 3.05) is 0 Å². The van der Waals surface area contributed by atoms with Crippen LogP contribution in [0.4, 0.5) is 0 Å². The van der Waals surface area contributed by atoms with Crippen LogP contribution in [0.3, 0.4) is 0 Å². The average molecular weight is 424 g/mol. The Kier molecular flexibility index (Phi) is 6.60. The molecule has 0 bridgehead atoms. The lowest BCUT2D eigenvalue weighted by Crippen LogP contribution is -2.06. The summed E-state index contributed by atoms with van der Waals surface area (Å²) in [7, 11) is -0.470. The molecule has 3 heteroatoms. The topological polar surface area (TPSA) is 37.3 Å². The van der Waals surface area contributed by atoms with Gasteiger partial charge in [0.2, 0.25) is 0 Å². The van der Waals surface area contributed by atoms with Crippen LogP contribution in [0.2, 0.25) is 0 Å². The second-order valence-corrected chi connectivity index (χ2v) is 9.91. The van der Waals surface area contributed by atoms with Gasteiger partial charge >= 0.3 is 5.97 Å². The van der Waals surface area contributed by atoms with Crippen molar-refractivity contribution < 1.29 is 9.90 Å². The maximum Gasteiger partial charge on any atom is 0.336 e. The van der Waals surface area contributed by atoms with E-state index in [1.54, 1.807) is 6.07 Å². The van der Waals surface area contributed by atoms with Gasteiger partial charge in [-0.2, -0.15) is 0 Å². The lowest BCUT2D eigenvalue weighted by molar-refractivity contribution is 0.0697. The molecule has 0 radical (unpaired) electrons. The Morgan fingerprint density at radius 1 is 0.710 bits per heavy atom. The van der Waals surface area contributed by atoms with E-state index in [0.29, 0.717) is 5.56 Å². The summed E-state index contributed by atoms with van der Waals surface area (Å²) in [5.74, 6) is -0.889. The summed E-state index contributed by atoms with van der Waals surface area (Å²) in [5, 5.41) is 11.1. The van der Waals surface area contributed by atoms with Gasteiger partial charge < -0.3 is 5.11 Å². The van der Waals surface area contributed by atoms with Crippen molar-refractivity contribution in [1.82, 2.24) is 0 Å². The molecule has 4 aromatic rings. The fourth-order valence-corrected chi connectivity index (χ4v) is 6.24. The number of aryl methyl sites for hydroxylation is 1. The second kappa shape index (κ2) is 9.73. The van der Waals surface area contributed by atoms with Crippen molar-refractivity contribution >= 4 is 19.2 Å². The fraction of sp³-hybridized carbons (Fsp3) is 0.107. The van der Waals surface area contributed by atoms with Gasteiger partial charge in [0.1, 0.15) is 0 Å². The van der Waals surface area contributed by atoms with Gasteiger partial charge in [-0.3, -0.25) is 0 Å². The molecule has 0 heterocycles. The Morgan fingerprint density at radius 3 is 2.00 bits per heavy atom. The number of hydrogen-bond donors (Lipinski definition) is 1. The molecule has 1 unspecified atom stereocenters. The molecule has 0 aliphatic heterocycles. The third-order valence-electron chi connectivity index (χ3n) is 5.46. The molecule has 0 saturated heterocycles. The van der Waals surface area contributed by atoms with Crippen LogP contribution in [0.25, 0.3) is 11.1 Å². The predicted molar refractivity (Wildman–Crippen MR) is 130 cm³/mol. The van der Waals surface area contributed by atoms with E-state index < -0.39 is 13.9 Å². The molecule has 0 spiro atoms. The van der Waals surface area contributed by atoms with Crippen molar-refractivity contribution in [2.24, 2.45) is 0 Å². The molecule has 2 nitrogen and oxygen atoms in total. The van der Waals surface area contributed by atoms with Crippen molar-refractivity contribution in [2.45, 2.75) is 19.2 Å². The highest BCUT2D eigenvalue weighted by atomic mass is 31.1. The molecule has 1 atom stereocenters. The molecule has 0 aliphatic carbocycles. The molecule has 154 valence electrons. The minimum absolute atomic E-state index is 0.352. The predicted octanol–water partition coefficient (Wildman–Crippen LogP) is 6.87. The number of carbonyl (C=O) groups is 1. The summed E-state index contributed by atoms with van der Waals surface area (Å²) in [5.41, 5.74) is 5.72. The van der Waals surface area contributed by atoms with Gasteiger partial charge in [0, 0.05) is 0 Å². The Morgan fingerprint density at radius 2 is 1.32 bits per heavy atom. The minimum atomic E-state index is -0.889. The first kappa shape index (κ1) is 21.0. The number of benzene rings is 4. The quantitative estimate of drug-likeness (QED) is 0.329. The molecule has 0 amide bonds. The highest BCUT2D eigenvalue weighted by Crippen LogP contribution is 2.43. The number of hydrogen-bond acceptors (Lipinski definition) is 1. The van der Waals surface area contributed by atoms with E-state index in [9.17, 15) is 9.90 Å². The summed E-state index contributed by atoms with van der Waals surface area (Å²) in [6.07, 6.45) is 1.91. The summed E-state index contributed by atoms with van der Waals surface area (Å²) in [6.45, 7) is 2.03. The Balaban J connectivity index is 1.72. The fourth-order valence-electron chi connectivity index (χ4n) is 3.88. The summed E-state index contributed by atoms with van der Waals surface area (Å²) in [6, 6.07) is 35.1. The number of aromatic carboxylic acids is 1. The minimum Gasteiger partial charge on any atom is -0.478 e. The Hall–Kier alpha value is -3.22. The van der Waals surface area contributed by atoms with Gasteiger partial charge in [0.05, 0.1) is 5.56 Å². The van der Waals surface area contributed by atoms with Crippen LogP contribution in [-0.2, 0) is 12.3 Å². The molecule has 0 fully saturated rings. The standard InChI is InChI=1S/C28H25O2P/c1-21-10-8-9-15-25(21)27-18-23(16-17-26(27)28(29)30)20-31(24-13-6-3-7-14-24)19-22-11-4-2-5-12-22/h2-18H,19-20H2,1H3,(H,29,30). The van der Waals surface area contributed by atoms with Crippen molar-refractivity contribution in [3.05, 3.63) is 125 Å². The van der Waals surface area contributed by atoms with Crippen LogP contribution < -0.4 is 5.30 Å². The number of rotatable bonds is 7. The van der Waals surface area contributed by atoms with E-state index in [4.69, 9.17) is 0 Å². The van der Waals surface area contributed by atoms with E-state index in [-0.39, 0.29) is 0 Å². The molecular weight excluding hydrogens is 399 g/mol. The van der Waals surface area contributed by atoms with Crippen molar-refractivity contribution in [3.63, 3.8) is 0 Å². The SMILES string of the molecule is Cc1ccccc1-c1cc(CP(Cc2ccccc2)c2ccccc2)ccc1C(=O)O. The molecule has 0 aliphatic rings. The summed E-state index contributed by atoms with van der Waals surface area (Å²) >= 11 is 0. The third kappa shape index (κ3) is 5.10. The van der Waals surface area contributed by atoms with Crippen LogP contribution in [0.15, 0.2) is 103 Å². The first-order chi connectivity index (χ1) is 15.1. The molecular formula is C28H25O2P. The van der Waals surface area contributed by atoms with Crippen LogP contribution in [0.5, 0.6) is 0 Å². The second-order valence-electron chi connectivity index (χ2n) is 7.68. The molecule has 4 aromatic carbocycles. The van der Waals surface area contributed by atoms with Gasteiger partial charge in [-0.1, -0.05) is 98.9 Å². The molecule has 0 saturated carbocycles. The Labute approximate surface area is 185 Å². The van der Waals surface area contributed by atoms with Crippen molar-refractivity contribution in [3.8, 4) is 11.1 Å². The molecule has 31 heavy (non-hydrogen) atoms. The molecule has 4 rings (SSSR count). The van der Waals surface area contributed by atoms with Crippen LogP contribution in [-0.4, -0.2) is 11.1 Å². The highest BCUT2D eigenvalue weighted by Gasteiger charge is 2.17. The maximum absolute atomic E-state index is 11.9. The Bertz CT molecular complexity index is 1170. The van der Waals surface area contributed by atoms with Gasteiger partial charge in [0.15, 0.2) is 0 Å². The third-order valence-corrected chi connectivity index (χ3v) is 7.98. The first-order valence-corrected chi connectivity index (χ1v) is 12.1. The molecule has 0 aromatic heterocycles. The normalized spacial score (nSPS) is 11.8. The number of carboxylic acids is 1. The van der Waals surface area contributed by atoms with Gasteiger partial charge in [-0.25, -0.2) is 4.79 Å². The van der Waals surface area contributed by atoms with Crippen LogP contribution >= 0.6 is 7.92 Å². The van der Waals surface area contributed by atoms with E-state index in [0.717, 1.165) is 29.0 Å². The zero-order valence-corrected chi connectivity index (χ0v) is 18.4. The van der Waals surface area contributed by atoms with Crippen LogP contribution in [0, 0.1) is 6.92 Å². The van der Waals surface area contributed by atoms with E-state index >= 15 is 0 Å². The molecule has 1 N–H and O–H groups in total. The smallest absolute Gasteiger partial charge is 0.336 e. The van der Waals surface area contributed by atoms with Gasteiger partial charge in [-0.05, 0) is 64.5 Å². The van der Waals surface area contributed by atoms with Crippen LogP contribution in [0.1, 0.15) is 27.0 Å². The average Bonchev–Trinajstić information content (AvgIpc) is 2.80. The van der Waals surface area contributed by atoms with E-state index in [1.165, 1.54) is 16.4 Å². The number of carboxylic acid groups (broad SMARTS) is 1. The monoisotopic (exact) mass is 424 g/mol. The zero-order chi connectivity index (χ0) is 21.6. The lowest BCUT2D eigenvalue weighted by Gasteiger charge is -2.20. The first-order valence-electron chi connectivity index (χ1n) is 10.4. The summed E-state index contributed by atoms with van der Waals surface area (Å²) < 4.78 is 0. The lowest BCUT2D eigenvalue weighted by atomic mass is 9.94. The van der Waals surface area contributed by atoms with E-state index in [2.05, 4.69) is 60.7 Å². The van der Waals surface area contributed by atoms with Crippen molar-refractivity contribution in [1.29, 1.82) is 0 Å². The maximum atomic E-state index is 11.9.